The Balaban J connectivity index is 1.63. The first-order chi connectivity index (χ1) is 16.0. The molecular weight excluding hydrogens is 454 g/mol. The fourth-order valence-electron chi connectivity index (χ4n) is 4.05. The molecule has 0 bridgehead atoms. The second-order valence-electron chi connectivity index (χ2n) is 8.17. The van der Waals surface area contributed by atoms with E-state index in [1.807, 2.05) is 54.1 Å². The summed E-state index contributed by atoms with van der Waals surface area (Å²) in [4.78, 5) is 42.3. The van der Waals surface area contributed by atoms with Gasteiger partial charge in [-0.2, -0.15) is 0 Å². The average molecular weight is 482 g/mol. The summed E-state index contributed by atoms with van der Waals surface area (Å²) < 4.78 is 0. The van der Waals surface area contributed by atoms with Crippen molar-refractivity contribution in [2.75, 3.05) is 11.4 Å². The lowest BCUT2D eigenvalue weighted by molar-refractivity contribution is -0.126. The van der Waals surface area contributed by atoms with Gasteiger partial charge in [-0.15, -0.1) is 22.7 Å². The van der Waals surface area contributed by atoms with Gasteiger partial charge in [-0.25, -0.2) is 0 Å². The summed E-state index contributed by atoms with van der Waals surface area (Å²) in [5, 5.41) is 9.59. The average Bonchev–Trinajstić information content (AvgIpc) is 3.60. The predicted molar refractivity (Wildman–Crippen MR) is 133 cm³/mol. The van der Waals surface area contributed by atoms with Gasteiger partial charge in [-0.05, 0) is 54.8 Å². The van der Waals surface area contributed by atoms with Gasteiger partial charge in [0.05, 0.1) is 11.4 Å². The van der Waals surface area contributed by atoms with E-state index in [4.69, 9.17) is 0 Å². The third kappa shape index (κ3) is 5.69. The molecule has 0 radical (unpaired) electrons. The number of rotatable bonds is 8. The van der Waals surface area contributed by atoms with Crippen LogP contribution in [0.3, 0.4) is 0 Å². The van der Waals surface area contributed by atoms with E-state index in [1.165, 1.54) is 27.6 Å². The van der Waals surface area contributed by atoms with Gasteiger partial charge >= 0.3 is 0 Å². The Morgan fingerprint density at radius 3 is 2.33 bits per heavy atom. The van der Waals surface area contributed by atoms with Crippen molar-refractivity contribution in [1.82, 2.24) is 10.6 Å². The molecule has 172 valence electrons. The van der Waals surface area contributed by atoms with Crippen LogP contribution in [-0.2, 0) is 9.59 Å². The van der Waals surface area contributed by atoms with Crippen molar-refractivity contribution in [2.24, 2.45) is 0 Å². The van der Waals surface area contributed by atoms with Crippen molar-refractivity contribution in [1.29, 1.82) is 0 Å². The lowest BCUT2D eigenvalue weighted by Crippen LogP contribution is -2.48. The van der Waals surface area contributed by atoms with Gasteiger partial charge in [0, 0.05) is 16.6 Å². The maximum Gasteiger partial charge on any atom is 0.261 e. The van der Waals surface area contributed by atoms with E-state index in [-0.39, 0.29) is 30.3 Å². The van der Waals surface area contributed by atoms with E-state index >= 15 is 0 Å². The Hall–Kier alpha value is -2.97. The summed E-state index contributed by atoms with van der Waals surface area (Å²) >= 11 is 2.76. The molecule has 0 aliphatic heterocycles. The number of hydrogen-bond donors (Lipinski definition) is 2. The molecule has 2 heterocycles. The summed E-state index contributed by atoms with van der Waals surface area (Å²) in [5.41, 5.74) is 1.68. The zero-order valence-electron chi connectivity index (χ0n) is 18.5. The molecule has 2 N–H and O–H groups in total. The van der Waals surface area contributed by atoms with Crippen molar-refractivity contribution in [3.05, 3.63) is 74.6 Å². The molecule has 0 spiro atoms. The summed E-state index contributed by atoms with van der Waals surface area (Å²) in [6.07, 6.45) is 4.12. The van der Waals surface area contributed by atoms with Gasteiger partial charge in [-0.3, -0.25) is 19.3 Å². The molecule has 1 saturated carbocycles. The molecule has 1 aliphatic carbocycles. The van der Waals surface area contributed by atoms with E-state index in [0.717, 1.165) is 36.1 Å². The molecule has 2 aromatic heterocycles. The topological polar surface area (TPSA) is 78.5 Å². The highest BCUT2D eigenvalue weighted by Crippen LogP contribution is 2.32. The zero-order chi connectivity index (χ0) is 23.2. The van der Waals surface area contributed by atoms with Crippen LogP contribution in [0.15, 0.2) is 59.3 Å². The molecule has 0 unspecified atom stereocenters. The number of carbonyl (C=O) groups excluding carboxylic acids is 3. The molecule has 1 fully saturated rings. The normalized spacial score (nSPS) is 14.6. The van der Waals surface area contributed by atoms with Gasteiger partial charge in [0.2, 0.25) is 11.8 Å². The first kappa shape index (κ1) is 23.2. The van der Waals surface area contributed by atoms with Crippen LogP contribution < -0.4 is 15.5 Å². The van der Waals surface area contributed by atoms with Crippen molar-refractivity contribution in [3.8, 4) is 0 Å². The van der Waals surface area contributed by atoms with Gasteiger partial charge in [0.15, 0.2) is 0 Å². The molecule has 0 saturated heterocycles. The summed E-state index contributed by atoms with van der Waals surface area (Å²) in [5.74, 6) is -0.836. The number of nitrogens with zero attached hydrogens (tertiary/aromatic N) is 1. The smallest absolute Gasteiger partial charge is 0.261 e. The number of nitrogens with one attached hydrogen (secondary N) is 2. The predicted octanol–water partition coefficient (Wildman–Crippen LogP) is 4.68. The fraction of sp³-hybridized carbons (Fsp3) is 0.320. The van der Waals surface area contributed by atoms with E-state index in [0.29, 0.717) is 10.6 Å². The maximum absolute atomic E-state index is 13.5. The highest BCUT2D eigenvalue weighted by atomic mass is 32.1. The van der Waals surface area contributed by atoms with Crippen molar-refractivity contribution in [2.45, 2.75) is 44.7 Å². The van der Waals surface area contributed by atoms with Crippen LogP contribution in [0.2, 0.25) is 0 Å². The molecule has 3 aromatic rings. The fourth-order valence-corrected chi connectivity index (χ4v) is 5.50. The molecule has 33 heavy (non-hydrogen) atoms. The van der Waals surface area contributed by atoms with Gasteiger partial charge in [-0.1, -0.05) is 42.7 Å². The monoisotopic (exact) mass is 481 g/mol. The molecule has 1 aliphatic rings. The van der Waals surface area contributed by atoms with Crippen LogP contribution in [0.25, 0.3) is 0 Å². The Labute approximate surface area is 201 Å². The Morgan fingerprint density at radius 1 is 1.00 bits per heavy atom. The summed E-state index contributed by atoms with van der Waals surface area (Å²) in [6, 6.07) is 14.1. The second kappa shape index (κ2) is 10.8. The van der Waals surface area contributed by atoms with Gasteiger partial charge in [0.1, 0.15) is 6.04 Å². The van der Waals surface area contributed by atoms with Gasteiger partial charge in [0.25, 0.3) is 5.91 Å². The van der Waals surface area contributed by atoms with Gasteiger partial charge < -0.3 is 10.6 Å². The highest BCUT2D eigenvalue weighted by molar-refractivity contribution is 7.12. The lowest BCUT2D eigenvalue weighted by Gasteiger charge is -2.31. The Morgan fingerprint density at radius 2 is 1.70 bits per heavy atom. The standard InChI is InChI=1S/C25H27N3O3S2/c1-17-10-12-19(13-11-17)28(22(29)16-26-24(30)21-9-5-15-33-21)23(20-8-4-14-32-20)25(31)27-18-6-2-3-7-18/h4-5,8-15,18,23H,2-3,6-7,16H2,1H3,(H,26,30)(H,27,31)/t23-/m0/s1. The number of carbonyl (C=O) groups is 3. The second-order valence-corrected chi connectivity index (χ2v) is 10.1. The number of benzene rings is 1. The number of hydrogen-bond acceptors (Lipinski definition) is 5. The van der Waals surface area contributed by atoms with Crippen molar-refractivity contribution >= 4 is 46.1 Å². The quantitative estimate of drug-likeness (QED) is 0.490. The van der Waals surface area contributed by atoms with Crippen molar-refractivity contribution < 1.29 is 14.4 Å². The minimum Gasteiger partial charge on any atom is -0.351 e. The molecule has 4 rings (SSSR count). The minimum atomic E-state index is -0.806. The van der Waals surface area contributed by atoms with Crippen LogP contribution in [0.5, 0.6) is 0 Å². The van der Waals surface area contributed by atoms with Crippen LogP contribution in [-0.4, -0.2) is 30.3 Å². The number of amides is 3. The largest absolute Gasteiger partial charge is 0.351 e. The lowest BCUT2D eigenvalue weighted by atomic mass is 10.1. The third-order valence-electron chi connectivity index (χ3n) is 5.75. The summed E-state index contributed by atoms with van der Waals surface area (Å²) in [6.45, 7) is 1.77. The zero-order valence-corrected chi connectivity index (χ0v) is 20.1. The first-order valence-electron chi connectivity index (χ1n) is 11.1. The molecule has 8 heteroatoms. The van der Waals surface area contributed by atoms with Crippen molar-refractivity contribution in [3.63, 3.8) is 0 Å². The SMILES string of the molecule is Cc1ccc(N(C(=O)CNC(=O)c2cccs2)[C@H](C(=O)NC2CCCC2)c2cccs2)cc1. The van der Waals surface area contributed by atoms with Crippen LogP contribution >= 0.6 is 22.7 Å². The van der Waals surface area contributed by atoms with Crippen LogP contribution in [0, 0.1) is 6.92 Å². The molecule has 1 atom stereocenters. The molecule has 3 amide bonds. The first-order valence-corrected chi connectivity index (χ1v) is 12.8. The number of anilines is 1. The molecule has 1 aromatic carbocycles. The maximum atomic E-state index is 13.5. The van der Waals surface area contributed by atoms with E-state index in [9.17, 15) is 14.4 Å². The minimum absolute atomic E-state index is 0.133. The molecular formula is C25H27N3O3S2. The number of aryl methyl sites for hydroxylation is 1. The van der Waals surface area contributed by atoms with Crippen LogP contribution in [0.1, 0.15) is 51.8 Å². The Kier molecular flexibility index (Phi) is 7.57. The highest BCUT2D eigenvalue weighted by Gasteiger charge is 2.35. The van der Waals surface area contributed by atoms with Crippen LogP contribution in [0.4, 0.5) is 5.69 Å². The Bertz CT molecular complexity index is 1070. The van der Waals surface area contributed by atoms with E-state index in [2.05, 4.69) is 10.6 Å². The van der Waals surface area contributed by atoms with E-state index < -0.39 is 6.04 Å². The third-order valence-corrected chi connectivity index (χ3v) is 7.54. The molecule has 6 nitrogen and oxygen atoms in total. The number of thiophene rings is 2. The summed E-state index contributed by atoms with van der Waals surface area (Å²) in [7, 11) is 0. The van der Waals surface area contributed by atoms with E-state index in [1.54, 1.807) is 12.1 Å².